The largest absolute Gasteiger partial charge is 0.469 e. The molecule has 2 aromatic rings. The Bertz CT molecular complexity index is 667. The van der Waals surface area contributed by atoms with E-state index in [2.05, 4.69) is 0 Å². The number of benzene rings is 2. The average molecular weight is 222 g/mol. The van der Waals surface area contributed by atoms with Gasteiger partial charge in [0.05, 0.1) is 5.70 Å². The Morgan fingerprint density at radius 2 is 2.00 bits per heavy atom. The zero-order valence-electron chi connectivity index (χ0n) is 9.05. The van der Waals surface area contributed by atoms with Crippen LogP contribution in [0.2, 0.25) is 0 Å². The Morgan fingerprint density at radius 3 is 2.82 bits per heavy atom. The molecule has 1 aliphatic heterocycles. The van der Waals surface area contributed by atoms with E-state index in [1.165, 1.54) is 0 Å². The molecule has 0 bridgehead atoms. The lowest BCUT2D eigenvalue weighted by Gasteiger charge is -2.21. The van der Waals surface area contributed by atoms with Gasteiger partial charge in [-0.2, -0.15) is 5.26 Å². The number of nitriles is 1. The third kappa shape index (κ3) is 1.42. The molecule has 0 amide bonds. The smallest absolute Gasteiger partial charge is 0.223 e. The van der Waals surface area contributed by atoms with Crippen molar-refractivity contribution in [1.29, 1.82) is 5.26 Å². The van der Waals surface area contributed by atoms with Crippen molar-refractivity contribution in [2.45, 2.75) is 6.10 Å². The van der Waals surface area contributed by atoms with Gasteiger partial charge in [-0.1, -0.05) is 30.3 Å². The van der Waals surface area contributed by atoms with Gasteiger partial charge in [-0.15, -0.1) is 0 Å². The molecule has 0 saturated heterocycles. The molecule has 2 N–H and O–H groups in total. The van der Waals surface area contributed by atoms with Crippen LogP contribution in [0.5, 0.6) is 5.75 Å². The van der Waals surface area contributed by atoms with Gasteiger partial charge in [-0.05, 0) is 22.9 Å². The van der Waals surface area contributed by atoms with Crippen LogP contribution in [0.25, 0.3) is 16.8 Å². The van der Waals surface area contributed by atoms with Gasteiger partial charge in [-0.25, -0.2) is 0 Å². The minimum Gasteiger partial charge on any atom is -0.469 e. The highest BCUT2D eigenvalue weighted by Crippen LogP contribution is 2.33. The summed E-state index contributed by atoms with van der Waals surface area (Å²) in [5, 5.41) is 11.1. The topological polar surface area (TPSA) is 59.0 Å². The fourth-order valence-corrected chi connectivity index (χ4v) is 2.07. The fourth-order valence-electron chi connectivity index (χ4n) is 2.07. The summed E-state index contributed by atoms with van der Waals surface area (Å²) in [4.78, 5) is 0. The first-order valence-corrected chi connectivity index (χ1v) is 5.34. The van der Waals surface area contributed by atoms with Crippen LogP contribution in [0.3, 0.4) is 0 Å². The van der Waals surface area contributed by atoms with Gasteiger partial charge in [0.15, 0.2) is 0 Å². The van der Waals surface area contributed by atoms with E-state index in [1.807, 2.05) is 48.5 Å². The van der Waals surface area contributed by atoms with Crippen molar-refractivity contribution in [2.24, 2.45) is 5.73 Å². The molecule has 1 atom stereocenters. The van der Waals surface area contributed by atoms with Gasteiger partial charge < -0.3 is 10.5 Å². The van der Waals surface area contributed by atoms with E-state index in [0.717, 1.165) is 16.3 Å². The molecule has 0 aromatic heterocycles. The van der Waals surface area contributed by atoms with Crippen LogP contribution in [-0.4, -0.2) is 6.10 Å². The zero-order chi connectivity index (χ0) is 11.8. The Labute approximate surface area is 98.7 Å². The first-order valence-electron chi connectivity index (χ1n) is 5.34. The van der Waals surface area contributed by atoms with Crippen LogP contribution in [-0.2, 0) is 0 Å². The molecule has 1 heterocycles. The summed E-state index contributed by atoms with van der Waals surface area (Å²) >= 11 is 0. The lowest BCUT2D eigenvalue weighted by Crippen LogP contribution is -2.25. The number of hydrogen-bond acceptors (Lipinski definition) is 3. The molecule has 3 nitrogen and oxygen atoms in total. The first kappa shape index (κ1) is 9.73. The SMILES string of the molecule is N#CC1Oc2ccc3ccccc3c2C=C1N. The van der Waals surface area contributed by atoms with Crippen molar-refractivity contribution in [3.05, 3.63) is 47.7 Å². The quantitative estimate of drug-likeness (QED) is 0.744. The van der Waals surface area contributed by atoms with Crippen molar-refractivity contribution >= 4 is 16.8 Å². The minimum absolute atomic E-state index is 0.455. The van der Waals surface area contributed by atoms with Crippen LogP contribution >= 0.6 is 0 Å². The summed E-state index contributed by atoms with van der Waals surface area (Å²) < 4.78 is 5.55. The van der Waals surface area contributed by atoms with Crippen molar-refractivity contribution in [2.75, 3.05) is 0 Å². The van der Waals surface area contributed by atoms with Crippen LogP contribution in [0.15, 0.2) is 42.1 Å². The molecule has 3 heteroatoms. The molecule has 1 unspecified atom stereocenters. The zero-order valence-corrected chi connectivity index (χ0v) is 9.05. The molecule has 0 spiro atoms. The Hall–Kier alpha value is -2.47. The summed E-state index contributed by atoms with van der Waals surface area (Å²) in [6.45, 7) is 0. The normalized spacial score (nSPS) is 17.8. The van der Waals surface area contributed by atoms with Crippen LogP contribution in [0.4, 0.5) is 0 Å². The molecule has 0 radical (unpaired) electrons. The molecule has 0 aliphatic carbocycles. The molecule has 17 heavy (non-hydrogen) atoms. The number of rotatable bonds is 0. The lowest BCUT2D eigenvalue weighted by molar-refractivity contribution is 0.285. The van der Waals surface area contributed by atoms with E-state index in [-0.39, 0.29) is 0 Å². The summed E-state index contributed by atoms with van der Waals surface area (Å²) in [7, 11) is 0. The predicted octanol–water partition coefficient (Wildman–Crippen LogP) is 2.42. The highest BCUT2D eigenvalue weighted by Gasteiger charge is 2.21. The third-order valence-electron chi connectivity index (χ3n) is 2.91. The van der Waals surface area contributed by atoms with Gasteiger partial charge in [0.2, 0.25) is 6.10 Å². The minimum atomic E-state index is -0.677. The Balaban J connectivity index is 2.29. The monoisotopic (exact) mass is 222 g/mol. The highest BCUT2D eigenvalue weighted by atomic mass is 16.5. The number of ether oxygens (including phenoxy) is 1. The second-order valence-corrected chi connectivity index (χ2v) is 3.97. The van der Waals surface area contributed by atoms with Gasteiger partial charge in [0.1, 0.15) is 11.8 Å². The van der Waals surface area contributed by atoms with Crippen molar-refractivity contribution in [3.63, 3.8) is 0 Å². The van der Waals surface area contributed by atoms with E-state index in [1.54, 1.807) is 0 Å². The fraction of sp³-hybridized carbons (Fsp3) is 0.0714. The number of nitrogens with two attached hydrogens (primary N) is 1. The van der Waals surface area contributed by atoms with Crippen molar-refractivity contribution < 1.29 is 4.74 Å². The van der Waals surface area contributed by atoms with Gasteiger partial charge >= 0.3 is 0 Å². The second-order valence-electron chi connectivity index (χ2n) is 3.97. The van der Waals surface area contributed by atoms with E-state index in [9.17, 15) is 0 Å². The standard InChI is InChI=1S/C14H10N2O/c15-8-14-12(16)7-11-10-4-2-1-3-9(10)5-6-13(11)17-14/h1-7,14H,16H2. The molecule has 0 fully saturated rings. The summed E-state index contributed by atoms with van der Waals surface area (Å²) in [6.07, 6.45) is 1.15. The van der Waals surface area contributed by atoms with Crippen LogP contribution in [0, 0.1) is 11.3 Å². The average Bonchev–Trinajstić information content (AvgIpc) is 2.38. The maximum atomic E-state index is 8.90. The second kappa shape index (κ2) is 3.53. The van der Waals surface area contributed by atoms with E-state index >= 15 is 0 Å². The Kier molecular flexibility index (Phi) is 2.02. The van der Waals surface area contributed by atoms with Crippen molar-refractivity contribution in [3.8, 4) is 11.8 Å². The summed E-state index contributed by atoms with van der Waals surface area (Å²) in [6, 6.07) is 13.9. The molecular formula is C14H10N2O. The van der Waals surface area contributed by atoms with E-state index < -0.39 is 6.10 Å². The summed E-state index contributed by atoms with van der Waals surface area (Å²) in [5.41, 5.74) is 7.21. The first-order chi connectivity index (χ1) is 8.29. The van der Waals surface area contributed by atoms with Gasteiger partial charge in [0, 0.05) is 5.56 Å². The molecule has 2 aromatic carbocycles. The number of nitrogens with zero attached hydrogens (tertiary/aromatic N) is 1. The van der Waals surface area contributed by atoms with Gasteiger partial charge in [0.25, 0.3) is 0 Å². The molecule has 82 valence electrons. The molecule has 3 rings (SSSR count). The number of fused-ring (bicyclic) bond motifs is 3. The highest BCUT2D eigenvalue weighted by molar-refractivity contribution is 5.94. The molecule has 1 aliphatic rings. The van der Waals surface area contributed by atoms with E-state index in [4.69, 9.17) is 15.7 Å². The lowest BCUT2D eigenvalue weighted by atomic mass is 10.00. The predicted molar refractivity (Wildman–Crippen MR) is 66.1 cm³/mol. The van der Waals surface area contributed by atoms with Crippen LogP contribution in [0.1, 0.15) is 5.56 Å². The molecule has 0 saturated carbocycles. The van der Waals surface area contributed by atoms with E-state index in [0.29, 0.717) is 11.4 Å². The van der Waals surface area contributed by atoms with Crippen LogP contribution < -0.4 is 10.5 Å². The maximum Gasteiger partial charge on any atom is 0.223 e. The third-order valence-corrected chi connectivity index (χ3v) is 2.91. The maximum absolute atomic E-state index is 8.90. The Morgan fingerprint density at radius 1 is 1.18 bits per heavy atom. The summed E-state index contributed by atoms with van der Waals surface area (Å²) in [5.74, 6) is 0.712. The van der Waals surface area contributed by atoms with Gasteiger partial charge in [-0.3, -0.25) is 0 Å². The van der Waals surface area contributed by atoms with Crippen molar-refractivity contribution in [1.82, 2.24) is 0 Å². The number of hydrogen-bond donors (Lipinski definition) is 1. The molecular weight excluding hydrogens is 212 g/mol.